The fraction of sp³-hybridized carbons (Fsp3) is 0.333. The summed E-state index contributed by atoms with van der Waals surface area (Å²) in [5.41, 5.74) is 4.82. The molecule has 0 spiro atoms. The number of carbonyl (C=O) groups is 2. The highest BCUT2D eigenvalue weighted by molar-refractivity contribution is 5.97. The molecule has 1 N–H and O–H groups in total. The van der Waals surface area contributed by atoms with Crippen molar-refractivity contribution in [2.45, 2.75) is 57.8 Å². The molecule has 1 aromatic heterocycles. The van der Waals surface area contributed by atoms with Crippen molar-refractivity contribution < 1.29 is 23.8 Å². The van der Waals surface area contributed by atoms with Gasteiger partial charge in [-0.2, -0.15) is 0 Å². The molecule has 0 bridgehead atoms. The maximum absolute atomic E-state index is 13.7. The molecular formula is C27H28FNO4. The van der Waals surface area contributed by atoms with Gasteiger partial charge in [-0.05, 0) is 41.3 Å². The summed E-state index contributed by atoms with van der Waals surface area (Å²) in [4.78, 5) is 24.2. The van der Waals surface area contributed by atoms with E-state index in [0.29, 0.717) is 24.9 Å². The zero-order valence-electron chi connectivity index (χ0n) is 18.8. The van der Waals surface area contributed by atoms with Gasteiger partial charge in [-0.3, -0.25) is 9.59 Å². The predicted molar refractivity (Wildman–Crippen MR) is 124 cm³/mol. The van der Waals surface area contributed by atoms with Crippen LogP contribution in [0.15, 0.2) is 54.6 Å². The number of aliphatic hydroxyl groups is 1. The maximum Gasteiger partial charge on any atom is 0.308 e. The Morgan fingerprint density at radius 2 is 1.82 bits per heavy atom. The van der Waals surface area contributed by atoms with Gasteiger partial charge in [0.15, 0.2) is 6.29 Å². The molecule has 2 aromatic carbocycles. The van der Waals surface area contributed by atoms with Gasteiger partial charge in [-0.25, -0.2) is 4.39 Å². The molecule has 1 aliphatic heterocycles. The maximum atomic E-state index is 13.7. The number of cyclic esters (lactones) is 1. The van der Waals surface area contributed by atoms with Gasteiger partial charge < -0.3 is 14.4 Å². The van der Waals surface area contributed by atoms with Crippen molar-refractivity contribution >= 4 is 12.3 Å². The highest BCUT2D eigenvalue weighted by atomic mass is 19.1. The lowest BCUT2D eigenvalue weighted by atomic mass is 9.96. The lowest BCUT2D eigenvalue weighted by molar-refractivity contribution is -0.160. The Kier molecular flexibility index (Phi) is 6.75. The van der Waals surface area contributed by atoms with E-state index in [0.717, 1.165) is 34.4 Å². The molecule has 0 amide bonds. The number of aldehydes is 1. The Labute approximate surface area is 192 Å². The summed E-state index contributed by atoms with van der Waals surface area (Å²) in [5, 5.41) is 9.99. The van der Waals surface area contributed by atoms with Crippen molar-refractivity contribution in [2.24, 2.45) is 0 Å². The largest absolute Gasteiger partial charge is 0.462 e. The number of hydrogen-bond acceptors (Lipinski definition) is 4. The summed E-state index contributed by atoms with van der Waals surface area (Å²) in [6.45, 7) is 4.55. The SMILES string of the molecule is CC(C)c1c(C=O)c(-c2ccccc2)c(-c2ccc(F)cc2)n1CC[C@@H]1C[C@@H](O)CC(=O)O1. The minimum Gasteiger partial charge on any atom is -0.462 e. The van der Waals surface area contributed by atoms with E-state index in [4.69, 9.17) is 4.74 Å². The van der Waals surface area contributed by atoms with Gasteiger partial charge in [-0.15, -0.1) is 0 Å². The van der Waals surface area contributed by atoms with E-state index in [-0.39, 0.29) is 18.2 Å². The molecule has 0 saturated carbocycles. The molecule has 0 unspecified atom stereocenters. The van der Waals surface area contributed by atoms with Gasteiger partial charge in [0.2, 0.25) is 0 Å². The number of nitrogens with zero attached hydrogens (tertiary/aromatic N) is 1. The fourth-order valence-corrected chi connectivity index (χ4v) is 4.75. The highest BCUT2D eigenvalue weighted by Crippen LogP contribution is 2.41. The first-order valence-electron chi connectivity index (χ1n) is 11.3. The predicted octanol–water partition coefficient (Wildman–Crippen LogP) is 5.35. The van der Waals surface area contributed by atoms with E-state index in [1.165, 1.54) is 12.1 Å². The van der Waals surface area contributed by atoms with Crippen LogP contribution in [0.4, 0.5) is 4.39 Å². The van der Waals surface area contributed by atoms with Crippen molar-refractivity contribution in [3.63, 3.8) is 0 Å². The third-order valence-corrected chi connectivity index (χ3v) is 6.10. The number of esters is 1. The van der Waals surface area contributed by atoms with Crippen LogP contribution < -0.4 is 0 Å². The Balaban J connectivity index is 1.88. The lowest BCUT2D eigenvalue weighted by Crippen LogP contribution is -2.33. The summed E-state index contributed by atoms with van der Waals surface area (Å²) in [6.07, 6.45) is 0.703. The number of rotatable bonds is 7. The zero-order valence-corrected chi connectivity index (χ0v) is 18.8. The number of ether oxygens (including phenoxy) is 1. The van der Waals surface area contributed by atoms with E-state index in [2.05, 4.69) is 4.57 Å². The van der Waals surface area contributed by atoms with Gasteiger partial charge >= 0.3 is 5.97 Å². The zero-order chi connectivity index (χ0) is 23.5. The Hall–Kier alpha value is -3.25. The summed E-state index contributed by atoms with van der Waals surface area (Å²) in [5.74, 6) is -0.685. The fourth-order valence-electron chi connectivity index (χ4n) is 4.75. The van der Waals surface area contributed by atoms with Crippen LogP contribution in [0.2, 0.25) is 0 Å². The van der Waals surface area contributed by atoms with E-state index in [1.54, 1.807) is 12.1 Å². The molecule has 5 nitrogen and oxygen atoms in total. The van der Waals surface area contributed by atoms with Gasteiger partial charge in [0.1, 0.15) is 11.9 Å². The molecule has 2 heterocycles. The van der Waals surface area contributed by atoms with Crippen molar-refractivity contribution in [2.75, 3.05) is 0 Å². The first-order valence-corrected chi connectivity index (χ1v) is 11.3. The number of aliphatic hydroxyl groups excluding tert-OH is 1. The van der Waals surface area contributed by atoms with Crippen LogP contribution in [0.1, 0.15) is 55.1 Å². The molecule has 6 heteroatoms. The van der Waals surface area contributed by atoms with Crippen molar-refractivity contribution in [1.29, 1.82) is 0 Å². The van der Waals surface area contributed by atoms with Gasteiger partial charge in [0, 0.05) is 36.2 Å². The van der Waals surface area contributed by atoms with Crippen molar-refractivity contribution in [1.82, 2.24) is 4.57 Å². The molecule has 0 aliphatic carbocycles. The minimum atomic E-state index is -0.701. The second kappa shape index (κ2) is 9.71. The summed E-state index contributed by atoms with van der Waals surface area (Å²) < 4.78 is 21.3. The second-order valence-electron chi connectivity index (χ2n) is 8.81. The van der Waals surface area contributed by atoms with E-state index < -0.39 is 18.2 Å². The van der Waals surface area contributed by atoms with Gasteiger partial charge in [-0.1, -0.05) is 44.2 Å². The van der Waals surface area contributed by atoms with Crippen LogP contribution in [-0.2, 0) is 16.1 Å². The summed E-state index contributed by atoms with van der Waals surface area (Å²) in [7, 11) is 0. The van der Waals surface area contributed by atoms with E-state index in [9.17, 15) is 19.1 Å². The summed E-state index contributed by atoms with van der Waals surface area (Å²) in [6, 6.07) is 16.0. The van der Waals surface area contributed by atoms with Crippen LogP contribution in [0.5, 0.6) is 0 Å². The average Bonchev–Trinajstić information content (AvgIpc) is 3.12. The molecule has 1 aliphatic rings. The highest BCUT2D eigenvalue weighted by Gasteiger charge is 2.30. The van der Waals surface area contributed by atoms with Crippen LogP contribution in [0, 0.1) is 5.82 Å². The third-order valence-electron chi connectivity index (χ3n) is 6.10. The molecule has 1 fully saturated rings. The molecular weight excluding hydrogens is 421 g/mol. The quantitative estimate of drug-likeness (QED) is 0.390. The average molecular weight is 450 g/mol. The summed E-state index contributed by atoms with van der Waals surface area (Å²) >= 11 is 0. The molecule has 0 radical (unpaired) electrons. The first-order chi connectivity index (χ1) is 15.9. The van der Waals surface area contributed by atoms with E-state index >= 15 is 0 Å². The third kappa shape index (κ3) is 4.76. The molecule has 172 valence electrons. The van der Waals surface area contributed by atoms with Crippen molar-refractivity contribution in [3.8, 4) is 22.4 Å². The van der Waals surface area contributed by atoms with E-state index in [1.807, 2.05) is 44.2 Å². The minimum absolute atomic E-state index is 0.0194. The van der Waals surface area contributed by atoms with Crippen molar-refractivity contribution in [3.05, 3.63) is 71.7 Å². The van der Waals surface area contributed by atoms with Crippen LogP contribution >= 0.6 is 0 Å². The molecule has 1 saturated heterocycles. The van der Waals surface area contributed by atoms with Crippen LogP contribution in [0.25, 0.3) is 22.4 Å². The number of aromatic nitrogens is 1. The topological polar surface area (TPSA) is 68.5 Å². The smallest absolute Gasteiger partial charge is 0.308 e. The molecule has 33 heavy (non-hydrogen) atoms. The normalized spacial score (nSPS) is 18.4. The Morgan fingerprint density at radius 3 is 2.42 bits per heavy atom. The van der Waals surface area contributed by atoms with Gasteiger partial charge in [0.25, 0.3) is 0 Å². The number of benzene rings is 2. The van der Waals surface area contributed by atoms with Crippen LogP contribution in [0.3, 0.4) is 0 Å². The monoisotopic (exact) mass is 449 g/mol. The second-order valence-corrected chi connectivity index (χ2v) is 8.81. The lowest BCUT2D eigenvalue weighted by Gasteiger charge is -2.27. The molecule has 2 atom stereocenters. The number of halogens is 1. The number of hydrogen-bond donors (Lipinski definition) is 1. The van der Waals surface area contributed by atoms with Crippen LogP contribution in [-0.4, -0.2) is 34.1 Å². The Bertz CT molecular complexity index is 1140. The standard InChI is InChI=1S/C27H28FNO4/c1-17(2)26-23(16-30)25(18-6-4-3-5-7-18)27(19-8-10-20(28)11-9-19)29(26)13-12-22-14-21(31)15-24(32)33-22/h3-11,16-17,21-22,31H,12-15H2,1-2H3/t21-,22-/m1/s1. The number of carbonyl (C=O) groups excluding carboxylic acids is 2. The molecule has 3 aromatic rings. The molecule has 4 rings (SSSR count). The Morgan fingerprint density at radius 1 is 1.12 bits per heavy atom. The first kappa shape index (κ1) is 22.9. The van der Waals surface area contributed by atoms with Gasteiger partial charge in [0.05, 0.1) is 18.2 Å².